The second-order valence-electron chi connectivity index (χ2n) is 6.78. The van der Waals surface area contributed by atoms with Gasteiger partial charge in [-0.3, -0.25) is 14.6 Å². The van der Waals surface area contributed by atoms with Crippen LogP contribution in [0.5, 0.6) is 0 Å². The van der Waals surface area contributed by atoms with Crippen LogP contribution in [0.1, 0.15) is 52.1 Å². The van der Waals surface area contributed by atoms with E-state index in [9.17, 15) is 9.59 Å². The van der Waals surface area contributed by atoms with Gasteiger partial charge >= 0.3 is 0 Å². The van der Waals surface area contributed by atoms with Crippen LogP contribution in [0.25, 0.3) is 10.9 Å². The Labute approximate surface area is 157 Å². The van der Waals surface area contributed by atoms with E-state index in [2.05, 4.69) is 10.6 Å². The number of pyridine rings is 1. The molecule has 2 aromatic carbocycles. The zero-order valence-electron chi connectivity index (χ0n) is 15.2. The molecule has 2 N–H and O–H groups in total. The monoisotopic (exact) mass is 359 g/mol. The number of hydrogen-bond acceptors (Lipinski definition) is 3. The number of nitrogens with zero attached hydrogens (tertiary/aromatic N) is 1. The maximum absolute atomic E-state index is 13.0. The fourth-order valence-electron chi connectivity index (χ4n) is 3.17. The standard InChI is InChI=1S/C22H21N3O2/c1-2-23-21(26)15-6-5-7-16(12-15)24-22(27)18-13-20(14-10-11-14)25-19-9-4-3-8-17(18)19/h3-9,12-14H,2,10-11H2,1H3,(H,23,26)(H,24,27). The number of rotatable bonds is 5. The number of para-hydroxylation sites is 1. The van der Waals surface area contributed by atoms with Gasteiger partial charge in [0.2, 0.25) is 0 Å². The summed E-state index contributed by atoms with van der Waals surface area (Å²) in [5.74, 6) is 0.116. The molecule has 3 aromatic rings. The molecular weight excluding hydrogens is 338 g/mol. The molecule has 1 aliphatic carbocycles. The van der Waals surface area contributed by atoms with Crippen LogP contribution in [-0.4, -0.2) is 23.3 Å². The second kappa shape index (κ2) is 7.19. The van der Waals surface area contributed by atoms with Crippen LogP contribution >= 0.6 is 0 Å². The van der Waals surface area contributed by atoms with E-state index in [1.54, 1.807) is 24.3 Å². The molecule has 0 saturated heterocycles. The minimum Gasteiger partial charge on any atom is -0.352 e. The fourth-order valence-corrected chi connectivity index (χ4v) is 3.17. The molecule has 0 spiro atoms. The van der Waals surface area contributed by atoms with Gasteiger partial charge in [-0.05, 0) is 50.1 Å². The predicted molar refractivity (Wildman–Crippen MR) is 106 cm³/mol. The first kappa shape index (κ1) is 17.2. The van der Waals surface area contributed by atoms with Crippen molar-refractivity contribution < 1.29 is 9.59 Å². The number of fused-ring (bicyclic) bond motifs is 1. The molecule has 0 unspecified atom stereocenters. The fraction of sp³-hybridized carbons (Fsp3) is 0.227. The number of aromatic nitrogens is 1. The Morgan fingerprint density at radius 2 is 1.85 bits per heavy atom. The van der Waals surface area contributed by atoms with Gasteiger partial charge in [-0.2, -0.15) is 0 Å². The van der Waals surface area contributed by atoms with Crippen molar-refractivity contribution in [2.45, 2.75) is 25.7 Å². The number of hydrogen-bond donors (Lipinski definition) is 2. The highest BCUT2D eigenvalue weighted by atomic mass is 16.2. The van der Waals surface area contributed by atoms with Gasteiger partial charge in [0.05, 0.1) is 11.1 Å². The minimum absolute atomic E-state index is 0.154. The Hall–Kier alpha value is -3.21. The SMILES string of the molecule is CCNC(=O)c1cccc(NC(=O)c2cc(C3CC3)nc3ccccc23)c1. The lowest BCUT2D eigenvalue weighted by Crippen LogP contribution is -2.22. The highest BCUT2D eigenvalue weighted by Gasteiger charge is 2.27. The maximum atomic E-state index is 13.0. The van der Waals surface area contributed by atoms with Crippen molar-refractivity contribution in [2.75, 3.05) is 11.9 Å². The summed E-state index contributed by atoms with van der Waals surface area (Å²) in [6.07, 6.45) is 2.25. The lowest BCUT2D eigenvalue weighted by atomic mass is 10.0. The third kappa shape index (κ3) is 3.67. The summed E-state index contributed by atoms with van der Waals surface area (Å²) in [7, 11) is 0. The van der Waals surface area contributed by atoms with Crippen molar-refractivity contribution in [1.82, 2.24) is 10.3 Å². The van der Waals surface area contributed by atoms with Crippen LogP contribution in [-0.2, 0) is 0 Å². The normalized spacial score (nSPS) is 13.4. The highest BCUT2D eigenvalue weighted by Crippen LogP contribution is 2.40. The third-order valence-electron chi connectivity index (χ3n) is 4.70. The summed E-state index contributed by atoms with van der Waals surface area (Å²) in [6.45, 7) is 2.43. The van der Waals surface area contributed by atoms with E-state index in [0.29, 0.717) is 29.3 Å². The van der Waals surface area contributed by atoms with Crippen LogP contribution < -0.4 is 10.6 Å². The van der Waals surface area contributed by atoms with E-state index in [-0.39, 0.29) is 11.8 Å². The lowest BCUT2D eigenvalue weighted by Gasteiger charge is -2.11. The van der Waals surface area contributed by atoms with Crippen molar-refractivity contribution >= 4 is 28.4 Å². The van der Waals surface area contributed by atoms with E-state index in [1.807, 2.05) is 37.3 Å². The molecule has 0 radical (unpaired) electrons. The Morgan fingerprint density at radius 3 is 2.63 bits per heavy atom. The van der Waals surface area contributed by atoms with Gasteiger partial charge in [-0.15, -0.1) is 0 Å². The molecule has 0 atom stereocenters. The molecule has 0 bridgehead atoms. The number of benzene rings is 2. The molecule has 1 saturated carbocycles. The molecule has 0 aliphatic heterocycles. The number of nitrogens with one attached hydrogen (secondary N) is 2. The van der Waals surface area contributed by atoms with Gasteiger partial charge in [-0.25, -0.2) is 0 Å². The molecule has 5 heteroatoms. The minimum atomic E-state index is -0.191. The summed E-state index contributed by atoms with van der Waals surface area (Å²) in [6, 6.07) is 16.6. The molecule has 1 aliphatic rings. The van der Waals surface area contributed by atoms with Crippen molar-refractivity contribution in [3.8, 4) is 0 Å². The van der Waals surface area contributed by atoms with Gasteiger partial charge in [-0.1, -0.05) is 24.3 Å². The first-order valence-corrected chi connectivity index (χ1v) is 9.25. The zero-order valence-corrected chi connectivity index (χ0v) is 15.2. The Kier molecular flexibility index (Phi) is 4.59. The van der Waals surface area contributed by atoms with Gasteiger partial charge in [0.15, 0.2) is 0 Å². The summed E-state index contributed by atoms with van der Waals surface area (Å²) in [5, 5.41) is 6.53. The van der Waals surface area contributed by atoms with Crippen molar-refractivity contribution in [3.05, 3.63) is 71.4 Å². The smallest absolute Gasteiger partial charge is 0.256 e. The predicted octanol–water partition coefficient (Wildman–Crippen LogP) is 4.11. The summed E-state index contributed by atoms with van der Waals surface area (Å²) >= 11 is 0. The van der Waals surface area contributed by atoms with E-state index >= 15 is 0 Å². The van der Waals surface area contributed by atoms with Crippen molar-refractivity contribution in [2.24, 2.45) is 0 Å². The molecule has 136 valence electrons. The van der Waals surface area contributed by atoms with Crippen LogP contribution in [0.4, 0.5) is 5.69 Å². The number of carbonyl (C=O) groups is 2. The molecule has 4 rings (SSSR count). The van der Waals surface area contributed by atoms with Crippen molar-refractivity contribution in [1.29, 1.82) is 0 Å². The van der Waals surface area contributed by atoms with E-state index < -0.39 is 0 Å². The van der Waals surface area contributed by atoms with Gasteiger partial charge in [0.1, 0.15) is 0 Å². The first-order chi connectivity index (χ1) is 13.2. The lowest BCUT2D eigenvalue weighted by molar-refractivity contribution is 0.0954. The quantitative estimate of drug-likeness (QED) is 0.720. The maximum Gasteiger partial charge on any atom is 0.256 e. The van der Waals surface area contributed by atoms with Crippen LogP contribution in [0.15, 0.2) is 54.6 Å². The molecule has 2 amide bonds. The first-order valence-electron chi connectivity index (χ1n) is 9.25. The van der Waals surface area contributed by atoms with Gasteiger partial charge in [0.25, 0.3) is 11.8 Å². The van der Waals surface area contributed by atoms with Crippen LogP contribution in [0, 0.1) is 0 Å². The Bertz CT molecular complexity index is 1020. The van der Waals surface area contributed by atoms with Gasteiger partial charge < -0.3 is 10.6 Å². The second-order valence-corrected chi connectivity index (χ2v) is 6.78. The van der Waals surface area contributed by atoms with Crippen LogP contribution in [0.2, 0.25) is 0 Å². The summed E-state index contributed by atoms with van der Waals surface area (Å²) in [5.41, 5.74) is 3.55. The highest BCUT2D eigenvalue weighted by molar-refractivity contribution is 6.12. The third-order valence-corrected chi connectivity index (χ3v) is 4.70. The Balaban J connectivity index is 1.65. The van der Waals surface area contributed by atoms with E-state index in [1.165, 1.54) is 0 Å². The summed E-state index contributed by atoms with van der Waals surface area (Å²) in [4.78, 5) is 29.7. The topological polar surface area (TPSA) is 71.1 Å². The van der Waals surface area contributed by atoms with E-state index in [4.69, 9.17) is 4.98 Å². The summed E-state index contributed by atoms with van der Waals surface area (Å²) < 4.78 is 0. The number of carbonyl (C=O) groups excluding carboxylic acids is 2. The Morgan fingerprint density at radius 1 is 1.04 bits per heavy atom. The number of amides is 2. The van der Waals surface area contributed by atoms with E-state index in [0.717, 1.165) is 29.4 Å². The van der Waals surface area contributed by atoms with Crippen LogP contribution in [0.3, 0.4) is 0 Å². The van der Waals surface area contributed by atoms with Gasteiger partial charge in [0, 0.05) is 34.8 Å². The number of anilines is 1. The zero-order chi connectivity index (χ0) is 18.8. The molecule has 1 fully saturated rings. The molecule has 27 heavy (non-hydrogen) atoms. The van der Waals surface area contributed by atoms with Crippen molar-refractivity contribution in [3.63, 3.8) is 0 Å². The molecule has 1 aromatic heterocycles. The largest absolute Gasteiger partial charge is 0.352 e. The molecule has 5 nitrogen and oxygen atoms in total. The average Bonchev–Trinajstić information content (AvgIpc) is 3.53. The molecular formula is C22H21N3O2. The average molecular weight is 359 g/mol. The molecule has 1 heterocycles.